The molecule has 8 nitrogen and oxygen atoms in total. The first kappa shape index (κ1) is 25.9. The lowest BCUT2D eigenvalue weighted by atomic mass is 10.1. The molecule has 196 valence electrons. The Labute approximate surface area is 209 Å². The molecule has 1 amide bonds. The van der Waals surface area contributed by atoms with Gasteiger partial charge in [0.1, 0.15) is 0 Å². The lowest BCUT2D eigenvalue weighted by Crippen LogP contribution is -2.46. The van der Waals surface area contributed by atoms with Crippen LogP contribution >= 0.6 is 0 Å². The third-order valence-corrected chi connectivity index (χ3v) is 6.80. The number of pyridine rings is 1. The van der Waals surface area contributed by atoms with E-state index in [4.69, 9.17) is 10.5 Å². The van der Waals surface area contributed by atoms with E-state index >= 15 is 0 Å². The summed E-state index contributed by atoms with van der Waals surface area (Å²) in [5.41, 5.74) is 5.77. The first-order valence-electron chi connectivity index (χ1n) is 12.2. The molecule has 3 N–H and O–H groups in total. The molecule has 2 fully saturated rings. The molecule has 0 unspecified atom stereocenters. The van der Waals surface area contributed by atoms with Crippen LogP contribution in [0.4, 0.5) is 30.2 Å². The summed E-state index contributed by atoms with van der Waals surface area (Å²) in [5.74, 6) is 0.693. The predicted octanol–water partition coefficient (Wildman–Crippen LogP) is 3.31. The van der Waals surface area contributed by atoms with Gasteiger partial charge in [-0.25, -0.2) is 4.98 Å². The Balaban J connectivity index is 1.16. The highest BCUT2D eigenvalue weighted by atomic mass is 19.4. The maximum absolute atomic E-state index is 13.1. The molecule has 2 aromatic rings. The number of alkyl halides is 3. The lowest BCUT2D eigenvalue weighted by Gasteiger charge is -2.36. The van der Waals surface area contributed by atoms with Crippen LogP contribution in [0.5, 0.6) is 5.88 Å². The zero-order chi connectivity index (χ0) is 25.7. The minimum absolute atomic E-state index is 0.0841. The number of carbonyl (C=O) groups excluding carboxylic acids is 1. The Hall–Kier alpha value is -3.21. The molecule has 2 aliphatic rings. The van der Waals surface area contributed by atoms with Crippen molar-refractivity contribution in [2.75, 3.05) is 68.9 Å². The number of piperazine rings is 1. The minimum Gasteiger partial charge on any atom is -0.481 e. The summed E-state index contributed by atoms with van der Waals surface area (Å²) in [6.07, 6.45) is -0.730. The van der Waals surface area contributed by atoms with Gasteiger partial charge in [0, 0.05) is 69.2 Å². The molecule has 2 saturated heterocycles. The van der Waals surface area contributed by atoms with E-state index in [2.05, 4.69) is 20.1 Å². The number of carbonyl (C=O) groups is 1. The Bertz CT molecular complexity index is 1030. The van der Waals surface area contributed by atoms with Crippen molar-refractivity contribution in [3.63, 3.8) is 0 Å². The van der Waals surface area contributed by atoms with Crippen molar-refractivity contribution < 1.29 is 22.7 Å². The number of halogens is 3. The van der Waals surface area contributed by atoms with E-state index in [1.54, 1.807) is 18.1 Å². The van der Waals surface area contributed by atoms with Gasteiger partial charge in [-0.2, -0.15) is 13.2 Å². The quantitative estimate of drug-likeness (QED) is 0.532. The summed E-state index contributed by atoms with van der Waals surface area (Å²) in [7, 11) is 1.60. The third kappa shape index (κ3) is 6.51. The Morgan fingerprint density at radius 1 is 1.17 bits per heavy atom. The van der Waals surface area contributed by atoms with Gasteiger partial charge in [-0.15, -0.1) is 0 Å². The van der Waals surface area contributed by atoms with Crippen LogP contribution in [-0.2, 0) is 11.0 Å². The van der Waals surface area contributed by atoms with Gasteiger partial charge in [0.05, 0.1) is 24.6 Å². The van der Waals surface area contributed by atoms with Crippen LogP contribution in [0.1, 0.15) is 24.8 Å². The van der Waals surface area contributed by atoms with Gasteiger partial charge in [-0.05, 0) is 43.7 Å². The number of hydrogen-bond donors (Lipinski definition) is 2. The number of benzene rings is 1. The topological polar surface area (TPSA) is 87.0 Å². The average Bonchev–Trinajstić information content (AvgIpc) is 3.33. The van der Waals surface area contributed by atoms with E-state index in [-0.39, 0.29) is 17.6 Å². The molecule has 36 heavy (non-hydrogen) atoms. The Kier molecular flexibility index (Phi) is 8.07. The van der Waals surface area contributed by atoms with Crippen molar-refractivity contribution in [2.45, 2.75) is 31.5 Å². The molecule has 2 aliphatic heterocycles. The average molecular weight is 507 g/mol. The fraction of sp³-hybridized carbons (Fsp3) is 0.520. The maximum Gasteiger partial charge on any atom is 0.418 e. The lowest BCUT2D eigenvalue weighted by molar-refractivity contribution is -0.137. The molecule has 0 spiro atoms. The van der Waals surface area contributed by atoms with E-state index < -0.39 is 11.7 Å². The summed E-state index contributed by atoms with van der Waals surface area (Å²) in [6, 6.07) is 7.63. The fourth-order valence-corrected chi connectivity index (χ4v) is 4.75. The van der Waals surface area contributed by atoms with Crippen molar-refractivity contribution in [1.29, 1.82) is 0 Å². The van der Waals surface area contributed by atoms with E-state index in [1.165, 1.54) is 6.07 Å². The molecule has 1 aromatic heterocycles. The van der Waals surface area contributed by atoms with Crippen LogP contribution in [0, 0.1) is 0 Å². The number of nitrogen functional groups attached to an aromatic ring is 1. The highest BCUT2D eigenvalue weighted by Gasteiger charge is 2.33. The summed E-state index contributed by atoms with van der Waals surface area (Å²) in [4.78, 5) is 23.4. The highest BCUT2D eigenvalue weighted by Crippen LogP contribution is 2.35. The molecule has 0 aliphatic carbocycles. The second-order valence-corrected chi connectivity index (χ2v) is 9.26. The first-order chi connectivity index (χ1) is 17.2. The smallest absolute Gasteiger partial charge is 0.418 e. The molecule has 3 heterocycles. The van der Waals surface area contributed by atoms with E-state index in [1.807, 2.05) is 18.3 Å². The Morgan fingerprint density at radius 2 is 1.94 bits per heavy atom. The van der Waals surface area contributed by atoms with E-state index in [9.17, 15) is 18.0 Å². The van der Waals surface area contributed by atoms with Gasteiger partial charge in [0.25, 0.3) is 0 Å². The standard InChI is InChI=1S/C25H33F3N6O2/c1-36-23-7-5-20(16-30-23)33-13-11-32(12-14-33)9-2-3-24(35)34-10-8-19(17-34)31-18-4-6-22(29)21(15-18)25(26,27)28/h4-7,15-16,19,31H,2-3,8-14,17,29H2,1H3/t19-/m0/s1. The SMILES string of the molecule is COc1ccc(N2CCN(CCCC(=O)N3CC[C@H](Nc4ccc(N)c(C(F)(F)F)c4)C3)CC2)cn1. The van der Waals surface area contributed by atoms with Crippen LogP contribution in [0.15, 0.2) is 36.5 Å². The van der Waals surface area contributed by atoms with Crippen LogP contribution < -0.4 is 20.7 Å². The number of hydrogen-bond acceptors (Lipinski definition) is 7. The zero-order valence-electron chi connectivity index (χ0n) is 20.4. The number of nitrogens with zero attached hydrogens (tertiary/aromatic N) is 4. The number of ether oxygens (including phenoxy) is 1. The van der Waals surface area contributed by atoms with Crippen molar-refractivity contribution >= 4 is 23.0 Å². The van der Waals surface area contributed by atoms with Gasteiger partial charge in [-0.1, -0.05) is 0 Å². The number of anilines is 3. The van der Waals surface area contributed by atoms with E-state index in [0.29, 0.717) is 37.5 Å². The fourth-order valence-electron chi connectivity index (χ4n) is 4.75. The van der Waals surface area contributed by atoms with Crippen molar-refractivity contribution in [1.82, 2.24) is 14.8 Å². The van der Waals surface area contributed by atoms with Gasteiger partial charge in [-0.3, -0.25) is 9.69 Å². The third-order valence-electron chi connectivity index (χ3n) is 6.80. The van der Waals surface area contributed by atoms with Gasteiger partial charge in [0.15, 0.2) is 0 Å². The molecule has 0 saturated carbocycles. The number of nitrogens with two attached hydrogens (primary N) is 1. The minimum atomic E-state index is -4.50. The molecule has 4 rings (SSSR count). The molecule has 0 bridgehead atoms. The second-order valence-electron chi connectivity index (χ2n) is 9.26. The Morgan fingerprint density at radius 3 is 2.61 bits per heavy atom. The summed E-state index contributed by atoms with van der Waals surface area (Å²) in [6.45, 7) is 5.62. The molecule has 1 aromatic carbocycles. The van der Waals surface area contributed by atoms with Crippen molar-refractivity contribution in [3.8, 4) is 5.88 Å². The number of rotatable bonds is 8. The number of aromatic nitrogens is 1. The number of methoxy groups -OCH3 is 1. The molecular formula is C25H33F3N6O2. The summed E-state index contributed by atoms with van der Waals surface area (Å²) in [5, 5.41) is 3.12. The summed E-state index contributed by atoms with van der Waals surface area (Å²) >= 11 is 0. The summed E-state index contributed by atoms with van der Waals surface area (Å²) < 4.78 is 44.4. The maximum atomic E-state index is 13.1. The van der Waals surface area contributed by atoms with Crippen LogP contribution in [0.2, 0.25) is 0 Å². The van der Waals surface area contributed by atoms with Crippen molar-refractivity contribution in [3.05, 3.63) is 42.1 Å². The van der Waals surface area contributed by atoms with Gasteiger partial charge >= 0.3 is 6.18 Å². The van der Waals surface area contributed by atoms with Crippen LogP contribution in [0.3, 0.4) is 0 Å². The largest absolute Gasteiger partial charge is 0.481 e. The molecule has 1 atom stereocenters. The number of likely N-dealkylation sites (tertiary alicyclic amines) is 1. The predicted molar refractivity (Wildman–Crippen MR) is 133 cm³/mol. The number of nitrogens with one attached hydrogen (secondary N) is 1. The normalized spacial score (nSPS) is 18.9. The molecular weight excluding hydrogens is 473 g/mol. The number of amides is 1. The molecule has 0 radical (unpaired) electrons. The zero-order valence-corrected chi connectivity index (χ0v) is 20.4. The van der Waals surface area contributed by atoms with Crippen molar-refractivity contribution in [2.24, 2.45) is 0 Å². The second kappa shape index (κ2) is 11.2. The molecule has 11 heteroatoms. The van der Waals surface area contributed by atoms with Gasteiger partial charge in [0.2, 0.25) is 11.8 Å². The first-order valence-corrected chi connectivity index (χ1v) is 12.2. The highest BCUT2D eigenvalue weighted by molar-refractivity contribution is 5.76. The van der Waals surface area contributed by atoms with E-state index in [0.717, 1.165) is 50.9 Å². The monoisotopic (exact) mass is 506 g/mol. The van der Waals surface area contributed by atoms with Crippen LogP contribution in [0.25, 0.3) is 0 Å². The van der Waals surface area contributed by atoms with Crippen LogP contribution in [-0.4, -0.2) is 79.7 Å². The van der Waals surface area contributed by atoms with Gasteiger partial charge < -0.3 is 25.6 Å².